The fraction of sp³-hybridized carbons (Fsp3) is 0.500. The molecule has 2 unspecified atom stereocenters. The number of anilines is 2. The van der Waals surface area contributed by atoms with Gasteiger partial charge in [-0.15, -0.1) is 0 Å². The fourth-order valence-corrected chi connectivity index (χ4v) is 4.32. The van der Waals surface area contributed by atoms with Gasteiger partial charge in [0.2, 0.25) is 5.95 Å². The van der Waals surface area contributed by atoms with E-state index in [0.29, 0.717) is 36.3 Å². The van der Waals surface area contributed by atoms with Gasteiger partial charge in [0.05, 0.1) is 42.8 Å². The van der Waals surface area contributed by atoms with Crippen molar-refractivity contribution in [1.29, 1.82) is 0 Å². The zero-order valence-corrected chi connectivity index (χ0v) is 17.8. The molecule has 5 heterocycles. The maximum atomic E-state index is 9.58. The summed E-state index contributed by atoms with van der Waals surface area (Å²) in [5.74, 6) is 2.03. The predicted octanol–water partition coefficient (Wildman–Crippen LogP) is 2.23. The lowest BCUT2D eigenvalue weighted by atomic mass is 10.1. The molecule has 0 radical (unpaired) electrons. The van der Waals surface area contributed by atoms with E-state index < -0.39 is 0 Å². The molecule has 3 aromatic rings. The van der Waals surface area contributed by atoms with E-state index in [0.717, 1.165) is 42.9 Å². The van der Waals surface area contributed by atoms with Crippen molar-refractivity contribution in [1.82, 2.24) is 15.0 Å². The van der Waals surface area contributed by atoms with Gasteiger partial charge in [0.25, 0.3) is 0 Å². The highest BCUT2D eigenvalue weighted by molar-refractivity contribution is 5.90. The minimum Gasteiger partial charge on any atom is -0.466 e. The number of pyridine rings is 1. The van der Waals surface area contributed by atoms with Crippen LogP contribution >= 0.6 is 0 Å². The minimum atomic E-state index is -0.181. The van der Waals surface area contributed by atoms with Crippen molar-refractivity contribution < 1.29 is 19.0 Å². The molecule has 2 saturated heterocycles. The Morgan fingerprint density at radius 3 is 2.52 bits per heavy atom. The first-order valence-corrected chi connectivity index (χ1v) is 10.7. The number of nitrogens with zero attached hydrogens (tertiary/aromatic N) is 5. The Kier molecular flexibility index (Phi) is 5.47. The Morgan fingerprint density at radius 1 is 1.00 bits per heavy atom. The van der Waals surface area contributed by atoms with Crippen molar-refractivity contribution >= 4 is 22.8 Å². The van der Waals surface area contributed by atoms with Crippen LogP contribution in [-0.4, -0.2) is 71.7 Å². The zero-order chi connectivity index (χ0) is 21.4. The molecule has 3 aromatic heterocycles. The van der Waals surface area contributed by atoms with Crippen molar-refractivity contribution in [3.8, 4) is 11.3 Å². The predicted molar refractivity (Wildman–Crippen MR) is 116 cm³/mol. The lowest BCUT2D eigenvalue weighted by Gasteiger charge is -2.36. The summed E-state index contributed by atoms with van der Waals surface area (Å²) < 4.78 is 16.8. The molecule has 2 aliphatic heterocycles. The summed E-state index contributed by atoms with van der Waals surface area (Å²) in [5.41, 5.74) is 2.11. The SMILES string of the molecule is CC1CN(c2nc(N3CCOCC3)c3ccc(-c4ccoc4CO)nc3n2)CC(C)O1. The van der Waals surface area contributed by atoms with E-state index in [4.69, 9.17) is 28.8 Å². The Labute approximate surface area is 180 Å². The fourth-order valence-electron chi connectivity index (χ4n) is 4.32. The number of rotatable bonds is 4. The molecule has 5 rings (SSSR count). The minimum absolute atomic E-state index is 0.104. The third-order valence-electron chi connectivity index (χ3n) is 5.71. The lowest BCUT2D eigenvalue weighted by Crippen LogP contribution is -2.46. The summed E-state index contributed by atoms with van der Waals surface area (Å²) in [7, 11) is 0. The van der Waals surface area contributed by atoms with Crippen molar-refractivity contribution in [3.63, 3.8) is 0 Å². The summed E-state index contributed by atoms with van der Waals surface area (Å²) in [4.78, 5) is 19.1. The van der Waals surface area contributed by atoms with Crippen LogP contribution in [-0.2, 0) is 16.1 Å². The van der Waals surface area contributed by atoms with Gasteiger partial charge in [-0.3, -0.25) is 0 Å². The van der Waals surface area contributed by atoms with E-state index in [2.05, 4.69) is 23.6 Å². The molecule has 9 heteroatoms. The topological polar surface area (TPSA) is 97.0 Å². The second-order valence-electron chi connectivity index (χ2n) is 8.09. The largest absolute Gasteiger partial charge is 0.466 e. The second kappa shape index (κ2) is 8.41. The summed E-state index contributed by atoms with van der Waals surface area (Å²) in [5, 5.41) is 10.5. The molecule has 9 nitrogen and oxygen atoms in total. The second-order valence-corrected chi connectivity index (χ2v) is 8.09. The highest BCUT2D eigenvalue weighted by Gasteiger charge is 2.27. The van der Waals surface area contributed by atoms with Crippen LogP contribution in [0, 0.1) is 0 Å². The average Bonchev–Trinajstić information content (AvgIpc) is 3.27. The number of aliphatic hydroxyl groups is 1. The van der Waals surface area contributed by atoms with E-state index in [1.165, 1.54) is 0 Å². The molecular formula is C22H27N5O4. The first-order chi connectivity index (χ1) is 15.1. The van der Waals surface area contributed by atoms with Gasteiger partial charge in [0.15, 0.2) is 5.65 Å². The van der Waals surface area contributed by atoms with Crippen molar-refractivity contribution in [3.05, 3.63) is 30.2 Å². The normalized spacial score (nSPS) is 22.3. The van der Waals surface area contributed by atoms with Gasteiger partial charge in [-0.25, -0.2) is 4.98 Å². The Hall–Kier alpha value is -2.75. The molecule has 0 aromatic carbocycles. The van der Waals surface area contributed by atoms with Crippen LogP contribution in [0.3, 0.4) is 0 Å². The van der Waals surface area contributed by atoms with Crippen LogP contribution in [0.4, 0.5) is 11.8 Å². The van der Waals surface area contributed by atoms with Gasteiger partial charge in [-0.1, -0.05) is 0 Å². The first kappa shape index (κ1) is 20.2. The molecule has 0 aliphatic carbocycles. The lowest BCUT2D eigenvalue weighted by molar-refractivity contribution is -0.00570. The molecule has 2 fully saturated rings. The van der Waals surface area contributed by atoms with Crippen LogP contribution in [0.1, 0.15) is 19.6 Å². The van der Waals surface area contributed by atoms with Gasteiger partial charge in [-0.05, 0) is 32.0 Å². The zero-order valence-electron chi connectivity index (χ0n) is 17.8. The molecule has 2 aliphatic rings. The van der Waals surface area contributed by atoms with E-state index in [9.17, 15) is 5.11 Å². The van der Waals surface area contributed by atoms with Crippen LogP contribution in [0.2, 0.25) is 0 Å². The highest BCUT2D eigenvalue weighted by atomic mass is 16.5. The molecule has 1 N–H and O–H groups in total. The van der Waals surface area contributed by atoms with Gasteiger partial charge < -0.3 is 28.8 Å². The van der Waals surface area contributed by atoms with Gasteiger partial charge in [0, 0.05) is 31.7 Å². The molecular weight excluding hydrogens is 398 g/mol. The number of fused-ring (bicyclic) bond motifs is 1. The number of hydrogen-bond donors (Lipinski definition) is 1. The number of ether oxygens (including phenoxy) is 2. The highest BCUT2D eigenvalue weighted by Crippen LogP contribution is 2.31. The van der Waals surface area contributed by atoms with E-state index in [1.54, 1.807) is 6.26 Å². The van der Waals surface area contributed by atoms with E-state index >= 15 is 0 Å². The molecule has 0 spiro atoms. The van der Waals surface area contributed by atoms with Crippen LogP contribution in [0.15, 0.2) is 28.9 Å². The van der Waals surface area contributed by atoms with E-state index in [-0.39, 0.29) is 18.8 Å². The molecule has 0 saturated carbocycles. The molecule has 0 bridgehead atoms. The third kappa shape index (κ3) is 3.96. The maximum Gasteiger partial charge on any atom is 0.229 e. The van der Waals surface area contributed by atoms with E-state index in [1.807, 2.05) is 18.2 Å². The number of furan rings is 1. The Bertz CT molecular complexity index is 1060. The molecule has 2 atom stereocenters. The monoisotopic (exact) mass is 425 g/mol. The Morgan fingerprint density at radius 2 is 1.77 bits per heavy atom. The van der Waals surface area contributed by atoms with Crippen molar-refractivity contribution in [2.45, 2.75) is 32.7 Å². The quantitative estimate of drug-likeness (QED) is 0.675. The van der Waals surface area contributed by atoms with Crippen molar-refractivity contribution in [2.24, 2.45) is 0 Å². The summed E-state index contributed by atoms with van der Waals surface area (Å²) >= 11 is 0. The van der Waals surface area contributed by atoms with Gasteiger partial charge in [0.1, 0.15) is 18.2 Å². The van der Waals surface area contributed by atoms with Gasteiger partial charge >= 0.3 is 0 Å². The van der Waals surface area contributed by atoms with Crippen LogP contribution in [0.25, 0.3) is 22.3 Å². The van der Waals surface area contributed by atoms with Crippen LogP contribution in [0.5, 0.6) is 0 Å². The van der Waals surface area contributed by atoms with Crippen LogP contribution < -0.4 is 9.80 Å². The summed E-state index contributed by atoms with van der Waals surface area (Å²) in [6, 6.07) is 5.75. The average molecular weight is 425 g/mol. The molecule has 0 amide bonds. The maximum absolute atomic E-state index is 9.58. The number of hydrogen-bond acceptors (Lipinski definition) is 9. The Balaban J connectivity index is 1.62. The number of morpholine rings is 2. The molecule has 164 valence electrons. The molecule has 31 heavy (non-hydrogen) atoms. The smallest absolute Gasteiger partial charge is 0.229 e. The number of aliphatic hydroxyl groups excluding tert-OH is 1. The van der Waals surface area contributed by atoms with Gasteiger partial charge in [-0.2, -0.15) is 9.97 Å². The summed E-state index contributed by atoms with van der Waals surface area (Å²) in [6.45, 7) is 8.32. The summed E-state index contributed by atoms with van der Waals surface area (Å²) in [6.07, 6.45) is 1.77. The first-order valence-electron chi connectivity index (χ1n) is 10.7. The number of aromatic nitrogens is 3. The van der Waals surface area contributed by atoms with Crippen molar-refractivity contribution in [2.75, 3.05) is 49.2 Å². The standard InChI is InChI=1S/C22H27N5O4/c1-14-11-27(12-15(2)31-14)22-24-20-17(21(25-22)26-6-9-29-10-7-26)3-4-18(23-20)16-5-8-30-19(16)13-28/h3-5,8,14-15,28H,6-7,9-13H2,1-2H3. The third-order valence-corrected chi connectivity index (χ3v) is 5.71.